The molecule has 1 aromatic heterocycles. The van der Waals surface area contributed by atoms with E-state index in [1.807, 2.05) is 13.0 Å². The lowest BCUT2D eigenvalue weighted by Gasteiger charge is -2.13. The zero-order valence-corrected chi connectivity index (χ0v) is 14.4. The summed E-state index contributed by atoms with van der Waals surface area (Å²) >= 11 is 0. The van der Waals surface area contributed by atoms with Crippen LogP contribution in [0.15, 0.2) is 54.9 Å². The van der Waals surface area contributed by atoms with Crippen molar-refractivity contribution in [3.05, 3.63) is 71.8 Å². The molecule has 0 atom stereocenters. The predicted octanol–water partition coefficient (Wildman–Crippen LogP) is 4.98. The van der Waals surface area contributed by atoms with Gasteiger partial charge in [-0.2, -0.15) is 0 Å². The Hall–Kier alpha value is -2.55. The van der Waals surface area contributed by atoms with Crippen molar-refractivity contribution in [2.75, 3.05) is 0 Å². The lowest BCUT2D eigenvalue weighted by atomic mass is 10.1. The fourth-order valence-electron chi connectivity index (χ4n) is 2.09. The van der Waals surface area contributed by atoms with E-state index in [2.05, 4.69) is 68.5 Å². The van der Waals surface area contributed by atoms with Crippen molar-refractivity contribution in [1.82, 2.24) is 15.3 Å². The zero-order valence-electron chi connectivity index (χ0n) is 14.4. The van der Waals surface area contributed by atoms with Crippen molar-refractivity contribution in [1.29, 1.82) is 0 Å². The number of aromatic amines is 1. The van der Waals surface area contributed by atoms with Crippen LogP contribution in [-0.2, 0) is 0 Å². The van der Waals surface area contributed by atoms with E-state index in [1.54, 1.807) is 6.08 Å². The summed E-state index contributed by atoms with van der Waals surface area (Å²) in [5.41, 5.74) is 6.11. The molecule has 0 amide bonds. The maximum atomic E-state index is 4.70. The fraction of sp³-hybridized carbons (Fsp3) is 0.250. The van der Waals surface area contributed by atoms with E-state index in [0.717, 1.165) is 34.2 Å². The minimum atomic E-state index is 0.363. The van der Waals surface area contributed by atoms with Gasteiger partial charge < -0.3 is 10.3 Å². The highest BCUT2D eigenvalue weighted by molar-refractivity contribution is 5.62. The van der Waals surface area contributed by atoms with Gasteiger partial charge >= 0.3 is 0 Å². The standard InChI is InChI=1S/C20H25N3/c1-7-18(21-15(5)13(2)3)12-19-16(6)22-20(23-19)17-10-8-14(4)9-11-17/h7-13,21H,1,5H2,2-4,6H3,(H,22,23)/b18-12+. The Bertz CT molecular complexity index is 731. The molecule has 1 aromatic carbocycles. The van der Waals surface area contributed by atoms with E-state index in [-0.39, 0.29) is 0 Å². The molecule has 0 saturated carbocycles. The van der Waals surface area contributed by atoms with Crippen LogP contribution in [0.2, 0.25) is 0 Å². The number of hydrogen-bond donors (Lipinski definition) is 2. The van der Waals surface area contributed by atoms with Gasteiger partial charge in [0.2, 0.25) is 0 Å². The average Bonchev–Trinajstić information content (AvgIpc) is 2.88. The summed E-state index contributed by atoms with van der Waals surface area (Å²) in [5.74, 6) is 1.24. The number of aryl methyl sites for hydroxylation is 2. The van der Waals surface area contributed by atoms with Gasteiger partial charge in [-0.1, -0.05) is 56.8 Å². The summed E-state index contributed by atoms with van der Waals surface area (Å²) < 4.78 is 0. The summed E-state index contributed by atoms with van der Waals surface area (Å²) in [6, 6.07) is 8.33. The first-order valence-corrected chi connectivity index (χ1v) is 7.84. The van der Waals surface area contributed by atoms with E-state index in [1.165, 1.54) is 5.56 Å². The third kappa shape index (κ3) is 4.22. The van der Waals surface area contributed by atoms with Gasteiger partial charge in [0.05, 0.1) is 5.69 Å². The minimum Gasteiger partial charge on any atom is -0.359 e. The molecular formula is C20H25N3. The van der Waals surface area contributed by atoms with Crippen molar-refractivity contribution in [2.24, 2.45) is 5.92 Å². The third-order valence-electron chi connectivity index (χ3n) is 3.76. The third-order valence-corrected chi connectivity index (χ3v) is 3.76. The molecule has 0 unspecified atom stereocenters. The molecule has 1 heterocycles. The van der Waals surface area contributed by atoms with Crippen LogP contribution >= 0.6 is 0 Å². The maximum Gasteiger partial charge on any atom is 0.138 e. The molecule has 23 heavy (non-hydrogen) atoms. The molecule has 2 aromatic rings. The number of allylic oxidation sites excluding steroid dienone is 2. The molecular weight excluding hydrogens is 282 g/mol. The maximum absolute atomic E-state index is 4.70. The second-order valence-corrected chi connectivity index (χ2v) is 6.07. The van der Waals surface area contributed by atoms with Crippen LogP contribution < -0.4 is 5.32 Å². The van der Waals surface area contributed by atoms with Gasteiger partial charge in [-0.3, -0.25) is 0 Å². The van der Waals surface area contributed by atoms with Crippen LogP contribution in [0.4, 0.5) is 0 Å². The minimum absolute atomic E-state index is 0.363. The lowest BCUT2D eigenvalue weighted by Crippen LogP contribution is -2.14. The van der Waals surface area contributed by atoms with Crippen LogP contribution in [0.1, 0.15) is 30.8 Å². The number of rotatable bonds is 6. The van der Waals surface area contributed by atoms with Crippen LogP contribution in [0.3, 0.4) is 0 Å². The van der Waals surface area contributed by atoms with Crippen LogP contribution in [-0.4, -0.2) is 9.97 Å². The normalized spacial score (nSPS) is 11.6. The summed E-state index contributed by atoms with van der Waals surface area (Å²) in [6.45, 7) is 16.2. The van der Waals surface area contributed by atoms with Crippen LogP contribution in [0.25, 0.3) is 17.5 Å². The Balaban J connectivity index is 2.29. The molecule has 0 saturated heterocycles. The molecule has 0 aliphatic heterocycles. The number of H-pyrrole nitrogens is 1. The van der Waals surface area contributed by atoms with Gasteiger partial charge in [-0.15, -0.1) is 0 Å². The first kappa shape index (κ1) is 16.8. The Morgan fingerprint density at radius 3 is 2.43 bits per heavy atom. The molecule has 120 valence electrons. The molecule has 3 heteroatoms. The van der Waals surface area contributed by atoms with Gasteiger partial charge in [0, 0.05) is 22.7 Å². The number of imidazole rings is 1. The second kappa shape index (κ2) is 7.14. The van der Waals surface area contributed by atoms with Crippen molar-refractivity contribution in [2.45, 2.75) is 27.7 Å². The summed E-state index contributed by atoms with van der Waals surface area (Å²) in [4.78, 5) is 8.05. The molecule has 0 bridgehead atoms. The van der Waals surface area contributed by atoms with E-state index in [9.17, 15) is 0 Å². The van der Waals surface area contributed by atoms with Crippen molar-refractivity contribution in [3.8, 4) is 11.4 Å². The molecule has 3 nitrogen and oxygen atoms in total. The molecule has 0 fully saturated rings. The average molecular weight is 307 g/mol. The monoisotopic (exact) mass is 307 g/mol. The highest BCUT2D eigenvalue weighted by Gasteiger charge is 2.08. The highest BCUT2D eigenvalue weighted by Crippen LogP contribution is 2.20. The van der Waals surface area contributed by atoms with Gasteiger partial charge in [-0.25, -0.2) is 4.98 Å². The van der Waals surface area contributed by atoms with Gasteiger partial charge in [0.15, 0.2) is 0 Å². The van der Waals surface area contributed by atoms with Crippen molar-refractivity contribution >= 4 is 6.08 Å². The van der Waals surface area contributed by atoms with Crippen molar-refractivity contribution in [3.63, 3.8) is 0 Å². The van der Waals surface area contributed by atoms with Crippen LogP contribution in [0, 0.1) is 19.8 Å². The number of nitrogens with zero attached hydrogens (tertiary/aromatic N) is 1. The topological polar surface area (TPSA) is 40.7 Å². The summed E-state index contributed by atoms with van der Waals surface area (Å²) in [6.07, 6.45) is 3.78. The summed E-state index contributed by atoms with van der Waals surface area (Å²) in [5, 5.41) is 3.29. The molecule has 2 N–H and O–H groups in total. The lowest BCUT2D eigenvalue weighted by molar-refractivity contribution is 0.711. The predicted molar refractivity (Wildman–Crippen MR) is 98.8 cm³/mol. The van der Waals surface area contributed by atoms with E-state index in [0.29, 0.717) is 5.92 Å². The number of hydrogen-bond acceptors (Lipinski definition) is 2. The molecule has 0 aliphatic rings. The van der Waals surface area contributed by atoms with E-state index >= 15 is 0 Å². The van der Waals surface area contributed by atoms with Gasteiger partial charge in [0.1, 0.15) is 5.82 Å². The van der Waals surface area contributed by atoms with Gasteiger partial charge in [-0.05, 0) is 31.9 Å². The van der Waals surface area contributed by atoms with Crippen molar-refractivity contribution < 1.29 is 0 Å². The Morgan fingerprint density at radius 1 is 1.22 bits per heavy atom. The first-order valence-electron chi connectivity index (χ1n) is 7.84. The first-order chi connectivity index (χ1) is 10.9. The molecule has 2 rings (SSSR count). The molecule has 0 aliphatic carbocycles. The Labute approximate surface area is 138 Å². The Morgan fingerprint density at radius 2 is 1.87 bits per heavy atom. The Kier molecular flexibility index (Phi) is 5.22. The number of nitrogens with one attached hydrogen (secondary N) is 2. The smallest absolute Gasteiger partial charge is 0.138 e. The fourth-order valence-corrected chi connectivity index (χ4v) is 2.09. The van der Waals surface area contributed by atoms with Gasteiger partial charge in [0.25, 0.3) is 0 Å². The largest absolute Gasteiger partial charge is 0.359 e. The molecule has 0 spiro atoms. The van der Waals surface area contributed by atoms with Crippen LogP contribution in [0.5, 0.6) is 0 Å². The van der Waals surface area contributed by atoms with E-state index in [4.69, 9.17) is 4.98 Å². The number of benzene rings is 1. The number of aromatic nitrogens is 2. The second-order valence-electron chi connectivity index (χ2n) is 6.07. The summed E-state index contributed by atoms with van der Waals surface area (Å²) in [7, 11) is 0. The highest BCUT2D eigenvalue weighted by atomic mass is 14.9. The SMILES string of the molecule is C=C/C(=C\c1nc(-c2ccc(C)cc2)[nH]c1C)NC(=C)C(C)C. The van der Waals surface area contributed by atoms with E-state index < -0.39 is 0 Å². The zero-order chi connectivity index (χ0) is 17.0. The quantitative estimate of drug-likeness (QED) is 0.739. The molecule has 0 radical (unpaired) electrons.